The van der Waals surface area contributed by atoms with E-state index >= 15 is 0 Å². The topological polar surface area (TPSA) is 165 Å². The van der Waals surface area contributed by atoms with Crippen LogP contribution in [0.1, 0.15) is 2.85 Å². The van der Waals surface area contributed by atoms with Crippen LogP contribution in [-0.4, -0.2) is 38.4 Å². The van der Waals surface area contributed by atoms with Gasteiger partial charge in [-0.25, -0.2) is 0 Å². The first-order valence-corrected chi connectivity index (χ1v) is 1.11. The minimum Gasteiger partial charge on any atom is -1.00 e. The molecule has 0 aromatic rings. The average Bonchev–Trinajstić information content (AvgIpc) is 1.25. The van der Waals surface area contributed by atoms with Gasteiger partial charge in [0.25, 0.3) is 5.09 Å². The molecule has 0 saturated carbocycles. The Bertz CT molecular complexity index is 83.9. The third-order valence-corrected chi connectivity index (χ3v) is 0. The summed E-state index contributed by atoms with van der Waals surface area (Å²) in [6.07, 6.45) is 0. The molecule has 0 spiro atoms. The second-order valence-corrected chi connectivity index (χ2v) is 0.461. The first kappa shape index (κ1) is 30.4. The zero-order valence-corrected chi connectivity index (χ0v) is 9.21. The molecule has 0 heterocycles. The molecule has 0 aliphatic heterocycles. The van der Waals surface area contributed by atoms with Gasteiger partial charge >= 0.3 is 52.6 Å². The van der Waals surface area contributed by atoms with Gasteiger partial charge in [0, 0.05) is 0 Å². The van der Waals surface area contributed by atoms with Crippen molar-refractivity contribution in [3.63, 3.8) is 0 Å². The predicted octanol–water partition coefficient (Wildman–Crippen LogP) is -3.58. The van der Waals surface area contributed by atoms with Crippen LogP contribution in [0.2, 0.25) is 0 Å². The molecule has 0 aromatic carbocycles. The van der Waals surface area contributed by atoms with Crippen molar-refractivity contribution in [2.75, 3.05) is 0 Å². The molecule has 0 aromatic heterocycles. The quantitative estimate of drug-likeness (QED) is 0.227. The second-order valence-electron chi connectivity index (χ2n) is 0.461. The van der Waals surface area contributed by atoms with Gasteiger partial charge in [-0.1, -0.05) is 0 Å². The summed E-state index contributed by atoms with van der Waals surface area (Å²) in [6.45, 7) is 0. The molecule has 0 fully saturated rings. The Kier molecular flexibility index (Phi) is 62.1. The van der Waals surface area contributed by atoms with Crippen molar-refractivity contribution in [3.8, 4) is 0 Å². The average molecular weight is 191 g/mol. The van der Waals surface area contributed by atoms with Gasteiger partial charge < -0.3 is 29.5 Å². The molecule has 0 radical (unpaired) electrons. The first-order valence-electron chi connectivity index (χ1n) is 1.11. The van der Waals surface area contributed by atoms with E-state index in [-0.39, 0.29) is 61.6 Å². The van der Waals surface area contributed by atoms with Crippen LogP contribution < -0.4 is 35.7 Å². The molecular formula is H6MgN3NaO6. The van der Waals surface area contributed by atoms with E-state index in [0.717, 1.165) is 0 Å². The Morgan fingerprint density at radius 1 is 1.18 bits per heavy atom. The van der Waals surface area contributed by atoms with Crippen molar-refractivity contribution >= 4 is 23.1 Å². The number of nitrogens with zero attached hydrogens (tertiary/aromatic N) is 2. The van der Waals surface area contributed by atoms with Crippen LogP contribution in [0, 0.1) is 25.4 Å². The molecule has 0 atom stereocenters. The fourth-order valence-corrected chi connectivity index (χ4v) is 0. The van der Waals surface area contributed by atoms with Crippen molar-refractivity contribution in [3.05, 3.63) is 25.4 Å². The molecule has 0 aliphatic carbocycles. The van der Waals surface area contributed by atoms with E-state index in [1.807, 2.05) is 0 Å². The van der Waals surface area contributed by atoms with E-state index in [0.29, 0.717) is 0 Å². The molecule has 60 valence electrons. The van der Waals surface area contributed by atoms with Crippen molar-refractivity contribution in [1.82, 2.24) is 6.15 Å². The Labute approximate surface area is 102 Å². The predicted molar refractivity (Wildman–Crippen MR) is 32.1 cm³/mol. The first-order chi connectivity index (χ1) is 3.46. The van der Waals surface area contributed by atoms with Crippen LogP contribution in [0.5, 0.6) is 0 Å². The van der Waals surface area contributed by atoms with Gasteiger partial charge in [0.2, 0.25) is 0 Å². The van der Waals surface area contributed by atoms with Gasteiger partial charge in [0.1, 0.15) is 0 Å². The molecule has 0 saturated heterocycles. The van der Waals surface area contributed by atoms with Gasteiger partial charge in [-0.3, -0.25) is 0 Å². The molecule has 9 nitrogen and oxygen atoms in total. The smallest absolute Gasteiger partial charge is 1.00 e. The third-order valence-electron chi connectivity index (χ3n) is 0. The summed E-state index contributed by atoms with van der Waals surface area (Å²) in [5.41, 5.74) is 0. The van der Waals surface area contributed by atoms with Gasteiger partial charge in [0.15, 0.2) is 0 Å². The molecule has 0 aliphatic rings. The minimum atomic E-state index is -1.75. The largest absolute Gasteiger partial charge is 2.00 e. The van der Waals surface area contributed by atoms with Gasteiger partial charge in [-0.05, 0) is 0 Å². The third kappa shape index (κ3) is 42000. The SMILES string of the molecule is N.O=[N+]([O-])O.O=[N+]([O-])[O-].[H-].[H-].[Mg+2].[Na+]. The molecule has 0 amide bonds. The maximum atomic E-state index is 8.36. The van der Waals surface area contributed by atoms with Crippen LogP contribution in [0.4, 0.5) is 0 Å². The zero-order chi connectivity index (χ0) is 7.15. The molecule has 4 N–H and O–H groups in total. The van der Waals surface area contributed by atoms with Crippen LogP contribution in [0.15, 0.2) is 0 Å². The summed E-state index contributed by atoms with van der Waals surface area (Å²) in [5, 5.41) is 28.4. The molecule has 11 heavy (non-hydrogen) atoms. The van der Waals surface area contributed by atoms with Crippen molar-refractivity contribution in [1.29, 1.82) is 0 Å². The van der Waals surface area contributed by atoms with Gasteiger partial charge in [0.05, 0.1) is 5.09 Å². The fraction of sp³-hybridized carbons (Fsp3) is 0. The van der Waals surface area contributed by atoms with Crippen molar-refractivity contribution in [2.45, 2.75) is 0 Å². The molecule has 0 bridgehead atoms. The fourth-order valence-electron chi connectivity index (χ4n) is 0. The van der Waals surface area contributed by atoms with Gasteiger partial charge in [-0.15, -0.1) is 10.1 Å². The number of rotatable bonds is 0. The van der Waals surface area contributed by atoms with E-state index < -0.39 is 10.2 Å². The van der Waals surface area contributed by atoms with Crippen LogP contribution in [0.25, 0.3) is 0 Å². The molecular weight excluding hydrogens is 185 g/mol. The van der Waals surface area contributed by atoms with E-state index in [1.54, 1.807) is 0 Å². The normalized spacial score (nSPS) is 4.36. The number of hydrogen-bond acceptors (Lipinski definition) is 6. The minimum absolute atomic E-state index is 0. The summed E-state index contributed by atoms with van der Waals surface area (Å²) in [7, 11) is 0. The maximum Gasteiger partial charge on any atom is 2.00 e. The number of hydrogen-bond donors (Lipinski definition) is 2. The monoisotopic (exact) mass is 191 g/mol. The Morgan fingerprint density at radius 3 is 1.18 bits per heavy atom. The second kappa shape index (κ2) is 22.5. The van der Waals surface area contributed by atoms with E-state index in [2.05, 4.69) is 0 Å². The molecule has 0 rings (SSSR count). The van der Waals surface area contributed by atoms with Gasteiger partial charge in [-0.2, -0.15) is 0 Å². The van der Waals surface area contributed by atoms with E-state index in [9.17, 15) is 0 Å². The van der Waals surface area contributed by atoms with E-state index in [1.165, 1.54) is 0 Å². The Hall–Kier alpha value is 0.126. The summed E-state index contributed by atoms with van der Waals surface area (Å²) in [4.78, 5) is 16.6. The Morgan fingerprint density at radius 2 is 1.18 bits per heavy atom. The maximum absolute atomic E-state index is 8.36. The van der Waals surface area contributed by atoms with E-state index in [4.69, 9.17) is 30.6 Å². The molecule has 11 heteroatoms. The van der Waals surface area contributed by atoms with Crippen molar-refractivity contribution in [2.24, 2.45) is 0 Å². The summed E-state index contributed by atoms with van der Waals surface area (Å²) in [5.74, 6) is 0. The van der Waals surface area contributed by atoms with Crippen LogP contribution in [0.3, 0.4) is 0 Å². The summed E-state index contributed by atoms with van der Waals surface area (Å²) < 4.78 is 0. The van der Waals surface area contributed by atoms with Crippen LogP contribution in [-0.2, 0) is 0 Å². The summed E-state index contributed by atoms with van der Waals surface area (Å²) >= 11 is 0. The standard InChI is InChI=1S/Mg.HNO3.NO3.H3N.Na.2H/c;2*2-1(3)4;;;;/h;(H,2,3,4);;1H3;;;/q+2;;-1;;+1;2*-1. The van der Waals surface area contributed by atoms with Crippen molar-refractivity contribution < 1.29 is 47.8 Å². The summed E-state index contributed by atoms with van der Waals surface area (Å²) in [6, 6.07) is 0. The zero-order valence-electron chi connectivity index (χ0n) is 7.80. The Balaban J connectivity index is -0.00000000800. The molecule has 0 unspecified atom stereocenters. The van der Waals surface area contributed by atoms with Crippen LogP contribution >= 0.6 is 0 Å².